The van der Waals surface area contributed by atoms with Crippen molar-refractivity contribution in [3.63, 3.8) is 0 Å². The number of aliphatic hydroxyl groups excluding tert-OH is 2. The van der Waals surface area contributed by atoms with Gasteiger partial charge in [0.05, 0.1) is 24.4 Å². The molecule has 0 radical (unpaired) electrons. The molecule has 5 rings (SSSR count). The van der Waals surface area contributed by atoms with Crippen LogP contribution in [-0.4, -0.2) is 131 Å². The number of rotatable bonds is 10. The molecule has 70 heavy (non-hydrogen) atoms. The summed E-state index contributed by atoms with van der Waals surface area (Å²) in [5.41, 5.74) is 1.34. The summed E-state index contributed by atoms with van der Waals surface area (Å²) in [5, 5.41) is 33.1. The van der Waals surface area contributed by atoms with E-state index in [1.165, 1.54) is 12.0 Å². The van der Waals surface area contributed by atoms with Gasteiger partial charge in [-0.05, 0) is 139 Å². The molecule has 394 valence electrons. The van der Waals surface area contributed by atoms with Crippen molar-refractivity contribution in [2.24, 2.45) is 41.4 Å². The molecule has 5 aliphatic rings. The van der Waals surface area contributed by atoms with E-state index in [-0.39, 0.29) is 73.6 Å². The first kappa shape index (κ1) is 57.5. The van der Waals surface area contributed by atoms with Crippen molar-refractivity contribution in [3.05, 3.63) is 47.6 Å². The van der Waals surface area contributed by atoms with E-state index < -0.39 is 71.7 Å². The predicted molar refractivity (Wildman–Crippen MR) is 266 cm³/mol. The van der Waals surface area contributed by atoms with Crippen LogP contribution >= 0.6 is 0 Å². The zero-order chi connectivity index (χ0) is 51.3. The Labute approximate surface area is 418 Å². The summed E-state index contributed by atoms with van der Waals surface area (Å²) in [4.78, 5) is 72.6. The van der Waals surface area contributed by atoms with Gasteiger partial charge in [-0.15, -0.1) is 0 Å². The Bertz CT molecular complexity index is 1890. The number of carbonyl (C=O) groups is 5. The van der Waals surface area contributed by atoms with Crippen LogP contribution < -0.4 is 0 Å². The maximum absolute atomic E-state index is 14.5. The number of allylic oxidation sites excluding steroid dienone is 6. The number of nitrogens with zero attached hydrogens (tertiary/aromatic N) is 1. The van der Waals surface area contributed by atoms with Crippen LogP contribution in [0.15, 0.2) is 47.6 Å². The van der Waals surface area contributed by atoms with Gasteiger partial charge in [-0.2, -0.15) is 0 Å². The maximum atomic E-state index is 14.5. The number of fused-ring (bicyclic) bond motifs is 3. The van der Waals surface area contributed by atoms with Gasteiger partial charge in [-0.25, -0.2) is 4.79 Å². The lowest BCUT2D eigenvalue weighted by molar-refractivity contribution is -0.266. The van der Waals surface area contributed by atoms with Crippen LogP contribution in [0.2, 0.25) is 0 Å². The lowest BCUT2D eigenvalue weighted by Crippen LogP contribution is -2.61. The number of Topliss-reactive ketones (excluding diaryl/α,β-unsaturated/α-hetero) is 3. The number of esters is 1. The largest absolute Gasteiger partial charge is 0.460 e. The lowest BCUT2D eigenvalue weighted by atomic mass is 9.74. The fraction of sp³-hybridized carbons (Fsp3) is 0.768. The molecule has 4 fully saturated rings. The van der Waals surface area contributed by atoms with Gasteiger partial charge in [0.1, 0.15) is 30.1 Å². The van der Waals surface area contributed by atoms with Gasteiger partial charge in [0, 0.05) is 58.0 Å². The highest BCUT2D eigenvalue weighted by Gasteiger charge is 2.53. The number of amides is 1. The first-order valence-electron chi connectivity index (χ1n) is 26.5. The van der Waals surface area contributed by atoms with Crippen LogP contribution in [0.5, 0.6) is 0 Å². The molecule has 2 saturated heterocycles. The molecule has 2 aliphatic carbocycles. The number of carbonyl (C=O) groups excluding carboxylic acids is 5. The summed E-state index contributed by atoms with van der Waals surface area (Å²) in [5.74, 6) is -7.33. The van der Waals surface area contributed by atoms with Crippen LogP contribution in [0.1, 0.15) is 151 Å². The van der Waals surface area contributed by atoms with Gasteiger partial charge in [-0.3, -0.25) is 19.2 Å². The molecule has 2 saturated carbocycles. The summed E-state index contributed by atoms with van der Waals surface area (Å²) in [6, 6.07) is -1.13. The van der Waals surface area contributed by atoms with Crippen molar-refractivity contribution in [2.45, 2.75) is 206 Å². The Morgan fingerprint density at radius 2 is 1.61 bits per heavy atom. The van der Waals surface area contributed by atoms with Crippen LogP contribution in [0, 0.1) is 41.4 Å². The third-order valence-corrected chi connectivity index (χ3v) is 16.0. The fourth-order valence-electron chi connectivity index (χ4n) is 11.2. The minimum absolute atomic E-state index is 0.0113. The standard InChI is InChI=1S/C56H87NO13/c1-34-16-11-10-12-17-35(2)47(68-43-24-25-43)32-44-23-20-40(7)56(65,70-44)53(62)54(63)57-26-14-13-19-45(57)55(64)69-48(37(4)30-41-21-22-42(18-15-27-58)49(31-41)66-8)33-46(59)36(3)29-39(6)51(61)52(67-9)50(60)38(5)28-34/h10-12,16-17,29,34,36-38,40-45,47-49,51-52,58,61,65H,13-15,18-28,30-33H2,1-9H3/b12-10+,16-11+,35-17+,39-29+/t34-,36-,37-,38-,40-,41+,42-,44+,45?,47-,48+,49-,51-,52+,56-/m1/s1. The van der Waals surface area contributed by atoms with Crippen molar-refractivity contribution >= 4 is 29.2 Å². The normalized spacial score (nSPS) is 39.5. The van der Waals surface area contributed by atoms with E-state index in [4.69, 9.17) is 23.7 Å². The number of hydrogen-bond donors (Lipinski definition) is 3. The van der Waals surface area contributed by atoms with Crippen LogP contribution in [0.25, 0.3) is 0 Å². The molecule has 0 aromatic carbocycles. The SMILES string of the molecule is CO[C@@H]1C[C@H](C[C@@H](C)[C@@H]2CC(=O)[C@H](C)/C=C(\C)[C@@H](O)[C@@H](OC)C(=O)[C@H](C)C[C@H](C)/C=C/C=C/C=C(\C)[C@H](OC3CC3)C[C@@H]3CC[C@@H](C)[C@@](O)(O3)C(=O)C(=O)N3CCCCC3C(=O)O2)CC[C@H]1CCCO. The maximum Gasteiger partial charge on any atom is 0.329 e. The van der Waals surface area contributed by atoms with E-state index in [0.717, 1.165) is 44.1 Å². The molecule has 2 bridgehead atoms. The van der Waals surface area contributed by atoms with E-state index in [1.807, 2.05) is 58.1 Å². The molecule has 1 unspecified atom stereocenters. The van der Waals surface area contributed by atoms with Crippen molar-refractivity contribution < 1.29 is 63.0 Å². The van der Waals surface area contributed by atoms with Crippen molar-refractivity contribution in [3.8, 4) is 0 Å². The minimum atomic E-state index is -2.42. The number of aliphatic hydroxyl groups is 3. The Kier molecular flexibility index (Phi) is 22.2. The zero-order valence-electron chi connectivity index (χ0n) is 43.7. The molecule has 0 spiro atoms. The number of ether oxygens (including phenoxy) is 5. The number of methoxy groups -OCH3 is 2. The molecule has 3 N–H and O–H groups in total. The number of piperidine rings is 1. The first-order chi connectivity index (χ1) is 33.3. The molecular formula is C56H87NO13. The second-order valence-electron chi connectivity index (χ2n) is 21.7. The van der Waals surface area contributed by atoms with Gasteiger partial charge < -0.3 is 43.9 Å². The number of hydrogen-bond acceptors (Lipinski definition) is 13. The van der Waals surface area contributed by atoms with Gasteiger partial charge in [0.15, 0.2) is 5.78 Å². The highest BCUT2D eigenvalue weighted by atomic mass is 16.6. The highest BCUT2D eigenvalue weighted by molar-refractivity contribution is 6.39. The molecule has 1 amide bonds. The molecule has 15 atom stereocenters. The first-order valence-corrected chi connectivity index (χ1v) is 26.5. The summed E-state index contributed by atoms with van der Waals surface area (Å²) in [7, 11) is 3.10. The van der Waals surface area contributed by atoms with Crippen LogP contribution in [0.4, 0.5) is 0 Å². The van der Waals surface area contributed by atoms with E-state index in [9.17, 15) is 39.3 Å². The topological polar surface area (TPSA) is 195 Å². The third kappa shape index (κ3) is 15.6. The van der Waals surface area contributed by atoms with E-state index in [0.29, 0.717) is 62.9 Å². The number of cyclic esters (lactones) is 1. The summed E-state index contributed by atoms with van der Waals surface area (Å²) < 4.78 is 30.6. The predicted octanol–water partition coefficient (Wildman–Crippen LogP) is 7.74. The Balaban J connectivity index is 1.46. The third-order valence-electron chi connectivity index (χ3n) is 16.0. The van der Waals surface area contributed by atoms with Crippen LogP contribution in [-0.2, 0) is 47.7 Å². The minimum Gasteiger partial charge on any atom is -0.460 e. The van der Waals surface area contributed by atoms with Gasteiger partial charge in [0.2, 0.25) is 5.79 Å². The van der Waals surface area contributed by atoms with Gasteiger partial charge >= 0.3 is 5.97 Å². The molecule has 14 heteroatoms. The van der Waals surface area contributed by atoms with E-state index >= 15 is 0 Å². The van der Waals surface area contributed by atoms with Crippen molar-refractivity contribution in [1.82, 2.24) is 4.90 Å². The fourth-order valence-corrected chi connectivity index (χ4v) is 11.2. The molecular weight excluding hydrogens is 895 g/mol. The summed E-state index contributed by atoms with van der Waals surface area (Å²) in [6.45, 7) is 13.1. The van der Waals surface area contributed by atoms with E-state index in [2.05, 4.69) is 0 Å². The molecule has 0 aromatic heterocycles. The highest BCUT2D eigenvalue weighted by Crippen LogP contribution is 2.40. The molecule has 3 aliphatic heterocycles. The van der Waals surface area contributed by atoms with Gasteiger partial charge in [0.25, 0.3) is 11.7 Å². The second kappa shape index (κ2) is 27.1. The molecule has 14 nitrogen and oxygen atoms in total. The summed E-state index contributed by atoms with van der Waals surface area (Å²) in [6.07, 6.45) is 17.0. The zero-order valence-corrected chi connectivity index (χ0v) is 43.7. The Hall–Kier alpha value is -3.37. The average molecular weight is 982 g/mol. The van der Waals surface area contributed by atoms with Crippen molar-refractivity contribution in [2.75, 3.05) is 27.4 Å². The van der Waals surface area contributed by atoms with Crippen molar-refractivity contribution in [1.29, 1.82) is 0 Å². The monoisotopic (exact) mass is 982 g/mol. The quantitative estimate of drug-likeness (QED) is 0.109. The van der Waals surface area contributed by atoms with E-state index in [1.54, 1.807) is 34.0 Å². The second-order valence-corrected chi connectivity index (χ2v) is 21.7. The average Bonchev–Trinajstić information content (AvgIpc) is 4.17. The Morgan fingerprint density at radius 3 is 2.30 bits per heavy atom. The molecule has 0 aromatic rings. The number of ketones is 3. The molecule has 3 heterocycles. The smallest absolute Gasteiger partial charge is 0.329 e. The Morgan fingerprint density at radius 1 is 0.871 bits per heavy atom. The lowest BCUT2D eigenvalue weighted by Gasteiger charge is -2.43. The summed E-state index contributed by atoms with van der Waals surface area (Å²) >= 11 is 0. The van der Waals surface area contributed by atoms with Gasteiger partial charge in [-0.1, -0.05) is 71.1 Å². The van der Waals surface area contributed by atoms with Crippen LogP contribution in [0.3, 0.4) is 0 Å².